The first-order valence-corrected chi connectivity index (χ1v) is 7.22. The van der Waals surface area contributed by atoms with Crippen LogP contribution >= 0.6 is 0 Å². The Morgan fingerprint density at radius 2 is 0.906 bits per heavy atom. The van der Waals surface area contributed by atoms with Gasteiger partial charge in [-0.15, -0.1) is 0 Å². The average molecular weight is 518 g/mol. The summed E-state index contributed by atoms with van der Waals surface area (Å²) in [7, 11) is 0. The van der Waals surface area contributed by atoms with Gasteiger partial charge in [-0.2, -0.15) is 74.6 Å². The maximum Gasteiger partial charge on any atom is 0.460 e. The number of carbonyl (C=O) groups excluding carboxylic acids is 1. The molecular weight excluding hydrogens is 511 g/mol. The molecule has 0 bridgehead atoms. The van der Waals surface area contributed by atoms with E-state index >= 15 is 0 Å². The van der Waals surface area contributed by atoms with Gasteiger partial charge < -0.3 is 4.74 Å². The van der Waals surface area contributed by atoms with Crippen molar-refractivity contribution in [3.05, 3.63) is 12.8 Å². The molecule has 190 valence electrons. The lowest BCUT2D eigenvalue weighted by Crippen LogP contribution is -2.74. The van der Waals surface area contributed by atoms with Crippen molar-refractivity contribution in [3.63, 3.8) is 0 Å². The molecule has 0 heterocycles. The lowest BCUT2D eigenvalue weighted by atomic mass is 9.88. The van der Waals surface area contributed by atoms with Crippen LogP contribution in [0.2, 0.25) is 0 Å². The summed E-state index contributed by atoms with van der Waals surface area (Å²) in [6, 6.07) is 0. The topological polar surface area (TPSA) is 26.3 Å². The fourth-order valence-corrected chi connectivity index (χ4v) is 1.76. The van der Waals surface area contributed by atoms with Crippen molar-refractivity contribution in [2.45, 2.75) is 60.5 Å². The second kappa shape index (κ2) is 8.11. The molecule has 0 unspecified atom stereocenters. The fraction of sp³-hybridized carbons (Fsp3) is 0.769. The van der Waals surface area contributed by atoms with Gasteiger partial charge in [-0.25, -0.2) is 0 Å². The normalized spacial score (nSPS) is 15.5. The van der Waals surface area contributed by atoms with Crippen molar-refractivity contribution >= 4 is 5.97 Å². The summed E-state index contributed by atoms with van der Waals surface area (Å²) in [5, 5.41) is 0. The highest BCUT2D eigenvalue weighted by Gasteiger charge is 2.95. The van der Waals surface area contributed by atoms with Crippen LogP contribution < -0.4 is 0 Å². The van der Waals surface area contributed by atoms with Crippen molar-refractivity contribution in [3.8, 4) is 0 Å². The van der Waals surface area contributed by atoms with Crippen molar-refractivity contribution in [2.75, 3.05) is 0 Å². The van der Waals surface area contributed by atoms with Crippen molar-refractivity contribution in [1.29, 1.82) is 0 Å². The molecule has 0 aromatic rings. The van der Waals surface area contributed by atoms with E-state index in [1.54, 1.807) is 0 Å². The Morgan fingerprint density at radius 1 is 0.594 bits per heavy atom. The van der Waals surface area contributed by atoms with Gasteiger partial charge >= 0.3 is 53.6 Å². The highest BCUT2D eigenvalue weighted by atomic mass is 19.4. The van der Waals surface area contributed by atoms with Gasteiger partial charge in [-0.1, -0.05) is 6.58 Å². The van der Waals surface area contributed by atoms with Gasteiger partial charge in [-0.05, 0) is 0 Å². The van der Waals surface area contributed by atoms with Crippen LogP contribution in [0.4, 0.5) is 74.6 Å². The zero-order valence-corrected chi connectivity index (χ0v) is 14.4. The molecule has 0 aliphatic rings. The van der Waals surface area contributed by atoms with Gasteiger partial charge in [0.25, 0.3) is 0 Å². The Labute approximate surface area is 165 Å². The van der Waals surface area contributed by atoms with E-state index in [1.807, 2.05) is 0 Å². The molecule has 0 spiro atoms. The maximum atomic E-state index is 13.4. The van der Waals surface area contributed by atoms with Crippen LogP contribution in [0.15, 0.2) is 12.8 Å². The number of hydrogen-bond donors (Lipinski definition) is 0. The van der Waals surface area contributed by atoms with Crippen LogP contribution in [0, 0.1) is 0 Å². The third-order valence-corrected chi connectivity index (χ3v) is 3.64. The summed E-state index contributed by atoms with van der Waals surface area (Å²) in [6.07, 6.45) is -12.5. The van der Waals surface area contributed by atoms with E-state index < -0.39 is 66.4 Å². The van der Waals surface area contributed by atoms with Crippen molar-refractivity contribution in [2.24, 2.45) is 0 Å². The molecule has 0 N–H and O–H groups in total. The van der Waals surface area contributed by atoms with Gasteiger partial charge in [0.15, 0.2) is 0 Å². The Kier molecular flexibility index (Phi) is 7.60. The van der Waals surface area contributed by atoms with E-state index in [-0.39, 0.29) is 6.26 Å². The highest BCUT2D eigenvalue weighted by Crippen LogP contribution is 2.64. The predicted octanol–water partition coefficient (Wildman–Crippen LogP) is 6.46. The summed E-state index contributed by atoms with van der Waals surface area (Å²) in [5.74, 6) is -58.8. The molecule has 0 aromatic carbocycles. The van der Waals surface area contributed by atoms with Crippen LogP contribution in [0.1, 0.15) is 12.8 Å². The largest absolute Gasteiger partial charge is 0.460 e. The van der Waals surface area contributed by atoms with E-state index in [1.165, 1.54) is 0 Å². The number of ether oxygens (including phenoxy) is 1. The Morgan fingerprint density at radius 3 is 1.22 bits per heavy atom. The first-order chi connectivity index (χ1) is 13.7. The summed E-state index contributed by atoms with van der Waals surface area (Å²) >= 11 is 0. The molecule has 0 radical (unpaired) electrons. The monoisotopic (exact) mass is 518 g/mol. The van der Waals surface area contributed by atoms with Crippen molar-refractivity contribution < 1.29 is 84.2 Å². The standard InChI is InChI=1S/C13H7F17O2/c1-2-32-5(31)3-4-6(14,15)7(16,17)8(18,19)9(20,21)10(22,23)11(24,25)12(26,27)13(28,29)30/h2H,1,3-4H2. The Hall–Kier alpha value is -1.98. The molecule has 0 saturated heterocycles. The minimum absolute atomic E-state index is 0.185. The van der Waals surface area contributed by atoms with Crippen molar-refractivity contribution in [1.82, 2.24) is 0 Å². The molecule has 0 aromatic heterocycles. The van der Waals surface area contributed by atoms with Gasteiger partial charge in [-0.3, -0.25) is 4.79 Å². The summed E-state index contributed by atoms with van der Waals surface area (Å²) in [6.45, 7) is 2.66. The zero-order valence-electron chi connectivity index (χ0n) is 14.4. The zero-order chi connectivity index (χ0) is 26.4. The molecule has 0 rings (SSSR count). The Balaban J connectivity index is 6.47. The number of carbonyl (C=O) groups is 1. The third kappa shape index (κ3) is 4.17. The number of esters is 1. The second-order valence-electron chi connectivity index (χ2n) is 5.81. The molecular formula is C13H7F17O2. The minimum Gasteiger partial charge on any atom is -0.435 e. The second-order valence-corrected chi connectivity index (χ2v) is 5.81. The van der Waals surface area contributed by atoms with E-state index in [0.717, 1.165) is 0 Å². The predicted molar refractivity (Wildman–Crippen MR) is 66.2 cm³/mol. The fourth-order valence-electron chi connectivity index (χ4n) is 1.76. The first-order valence-electron chi connectivity index (χ1n) is 7.22. The number of alkyl halides is 17. The van der Waals surface area contributed by atoms with Gasteiger partial charge in [0.05, 0.1) is 12.7 Å². The molecule has 0 aliphatic heterocycles. The van der Waals surface area contributed by atoms with Crippen LogP contribution in [0.3, 0.4) is 0 Å². The lowest BCUT2D eigenvalue weighted by molar-refractivity contribution is -0.461. The quantitative estimate of drug-likeness (QED) is 0.189. The average Bonchev–Trinajstić information content (AvgIpc) is 2.58. The summed E-state index contributed by atoms with van der Waals surface area (Å²) in [4.78, 5) is 10.7. The van der Waals surface area contributed by atoms with Gasteiger partial charge in [0.2, 0.25) is 0 Å². The third-order valence-electron chi connectivity index (χ3n) is 3.64. The van der Waals surface area contributed by atoms with E-state index in [2.05, 4.69) is 11.3 Å². The number of rotatable bonds is 10. The van der Waals surface area contributed by atoms with Crippen LogP contribution in [-0.4, -0.2) is 53.6 Å². The molecule has 0 atom stereocenters. The number of hydrogen-bond acceptors (Lipinski definition) is 2. The molecule has 2 nitrogen and oxygen atoms in total. The van der Waals surface area contributed by atoms with E-state index in [4.69, 9.17) is 0 Å². The van der Waals surface area contributed by atoms with Crippen LogP contribution in [-0.2, 0) is 9.53 Å². The molecule has 0 fully saturated rings. The molecule has 32 heavy (non-hydrogen) atoms. The van der Waals surface area contributed by atoms with Crippen LogP contribution in [0.5, 0.6) is 0 Å². The minimum atomic E-state index is -8.68. The van der Waals surface area contributed by atoms with Gasteiger partial charge in [0.1, 0.15) is 0 Å². The van der Waals surface area contributed by atoms with E-state index in [0.29, 0.717) is 0 Å². The SMILES string of the molecule is C=COC(=O)CCC(F)(F)C(F)(F)C(F)(F)C(F)(F)C(F)(F)C(F)(F)C(F)(F)C(F)(F)F. The molecule has 0 aliphatic carbocycles. The maximum absolute atomic E-state index is 13.4. The van der Waals surface area contributed by atoms with Gasteiger partial charge in [0, 0.05) is 6.42 Å². The summed E-state index contributed by atoms with van der Waals surface area (Å²) in [5.41, 5.74) is 0. The Bertz CT molecular complexity index is 706. The molecule has 0 amide bonds. The van der Waals surface area contributed by atoms with E-state index in [9.17, 15) is 79.4 Å². The summed E-state index contributed by atoms with van der Waals surface area (Å²) < 4.78 is 224. The highest BCUT2D eigenvalue weighted by molar-refractivity contribution is 5.70. The smallest absolute Gasteiger partial charge is 0.435 e. The van der Waals surface area contributed by atoms with Crippen LogP contribution in [0.25, 0.3) is 0 Å². The first kappa shape index (κ1) is 30.0. The lowest BCUT2D eigenvalue weighted by Gasteiger charge is -2.42. The molecule has 0 saturated carbocycles. The molecule has 19 heteroatoms. The number of halogens is 17.